The van der Waals surface area contributed by atoms with Crippen molar-refractivity contribution in [1.82, 2.24) is 14.5 Å². The van der Waals surface area contributed by atoms with Crippen molar-refractivity contribution < 1.29 is 14.3 Å². The second kappa shape index (κ2) is 8.27. The molecule has 0 radical (unpaired) electrons. The smallest absolute Gasteiger partial charge is 0.291 e. The number of imidazole rings is 1. The second-order valence-corrected chi connectivity index (χ2v) is 7.85. The second-order valence-electron chi connectivity index (χ2n) is 7.85. The Bertz CT molecular complexity index is 928. The van der Waals surface area contributed by atoms with Crippen molar-refractivity contribution in [1.29, 1.82) is 0 Å². The summed E-state index contributed by atoms with van der Waals surface area (Å²) in [6.45, 7) is 4.21. The van der Waals surface area contributed by atoms with Gasteiger partial charge in [0, 0.05) is 19.6 Å². The summed E-state index contributed by atoms with van der Waals surface area (Å²) in [5.74, 6) is 0.555. The molecule has 1 fully saturated rings. The van der Waals surface area contributed by atoms with E-state index >= 15 is 0 Å². The van der Waals surface area contributed by atoms with Crippen LogP contribution in [0.25, 0.3) is 0 Å². The summed E-state index contributed by atoms with van der Waals surface area (Å²) in [6.07, 6.45) is 6.00. The molecule has 7 nitrogen and oxygen atoms in total. The molecule has 3 heterocycles. The molecular formula is C22H28N4O3. The Morgan fingerprint density at radius 3 is 2.59 bits per heavy atom. The number of benzene rings is 1. The van der Waals surface area contributed by atoms with Crippen molar-refractivity contribution in [3.05, 3.63) is 41.0 Å². The molecule has 0 saturated carbocycles. The molecular weight excluding hydrogens is 368 g/mol. The van der Waals surface area contributed by atoms with Gasteiger partial charge in [0.2, 0.25) is 0 Å². The minimum absolute atomic E-state index is 0.0393. The number of rotatable bonds is 4. The van der Waals surface area contributed by atoms with Crippen molar-refractivity contribution >= 4 is 17.5 Å². The Morgan fingerprint density at radius 2 is 1.83 bits per heavy atom. The molecule has 0 spiro atoms. The zero-order valence-corrected chi connectivity index (χ0v) is 17.2. The average molecular weight is 396 g/mol. The van der Waals surface area contributed by atoms with E-state index in [1.165, 1.54) is 0 Å². The van der Waals surface area contributed by atoms with E-state index in [1.54, 1.807) is 7.11 Å². The van der Waals surface area contributed by atoms with Crippen molar-refractivity contribution in [2.45, 2.75) is 52.0 Å². The Labute approximate surface area is 171 Å². The van der Waals surface area contributed by atoms with Gasteiger partial charge in [-0.2, -0.15) is 0 Å². The number of nitrogens with one attached hydrogen (secondary N) is 1. The normalized spacial score (nSPS) is 16.3. The van der Waals surface area contributed by atoms with Crippen LogP contribution in [0.4, 0.5) is 5.69 Å². The molecule has 1 aromatic heterocycles. The molecule has 1 aromatic carbocycles. The first kappa shape index (κ1) is 19.5. The highest BCUT2D eigenvalue weighted by atomic mass is 16.5. The van der Waals surface area contributed by atoms with Crippen LogP contribution in [0, 0.1) is 6.92 Å². The van der Waals surface area contributed by atoms with E-state index in [9.17, 15) is 9.59 Å². The number of aromatic nitrogens is 2. The Balaban J connectivity index is 1.65. The maximum Gasteiger partial charge on any atom is 0.291 e. The highest BCUT2D eigenvalue weighted by molar-refractivity contribution is 6.04. The Kier molecular flexibility index (Phi) is 5.56. The zero-order valence-electron chi connectivity index (χ0n) is 17.2. The zero-order chi connectivity index (χ0) is 20.4. The van der Waals surface area contributed by atoms with E-state index in [2.05, 4.69) is 10.3 Å². The van der Waals surface area contributed by atoms with Crippen LogP contribution in [0.3, 0.4) is 0 Å². The van der Waals surface area contributed by atoms with Crippen LogP contribution in [0.5, 0.6) is 5.75 Å². The fourth-order valence-corrected chi connectivity index (χ4v) is 4.23. The fourth-order valence-electron chi connectivity index (χ4n) is 4.23. The SMILES string of the molecule is COc1ccc(C)cc1NC(=O)c1nc(C(=O)N2CCCCC2)c2n1CCCC2. The van der Waals surface area contributed by atoms with Crippen LogP contribution in [0.2, 0.25) is 0 Å². The molecule has 1 saturated heterocycles. The quantitative estimate of drug-likeness (QED) is 0.859. The lowest BCUT2D eigenvalue weighted by Crippen LogP contribution is -2.36. The van der Waals surface area contributed by atoms with Crippen LogP contribution in [0.1, 0.15) is 64.5 Å². The minimum atomic E-state index is -0.310. The molecule has 0 atom stereocenters. The van der Waals surface area contributed by atoms with Gasteiger partial charge in [-0.1, -0.05) is 6.07 Å². The largest absolute Gasteiger partial charge is 0.495 e. The summed E-state index contributed by atoms with van der Waals surface area (Å²) in [7, 11) is 1.58. The summed E-state index contributed by atoms with van der Waals surface area (Å²) in [5.41, 5.74) is 2.97. The molecule has 2 aliphatic heterocycles. The molecule has 4 rings (SSSR count). The average Bonchev–Trinajstić information content (AvgIpc) is 3.14. The van der Waals surface area contributed by atoms with E-state index in [-0.39, 0.29) is 11.8 Å². The van der Waals surface area contributed by atoms with Crippen LogP contribution in [-0.2, 0) is 13.0 Å². The molecule has 7 heteroatoms. The van der Waals surface area contributed by atoms with Crippen molar-refractivity contribution in [3.8, 4) is 5.75 Å². The maximum absolute atomic E-state index is 13.1. The summed E-state index contributed by atoms with van der Waals surface area (Å²) in [5, 5.41) is 2.93. The number of hydrogen-bond donors (Lipinski definition) is 1. The molecule has 154 valence electrons. The standard InChI is InChI=1S/C22H28N4O3/c1-15-9-10-18(29-2)16(14-15)23-21(27)20-24-19(17-8-4-7-13-26(17)20)22(28)25-11-5-3-6-12-25/h9-10,14H,3-8,11-13H2,1-2H3,(H,23,27). The van der Waals surface area contributed by atoms with E-state index in [4.69, 9.17) is 4.74 Å². The third kappa shape index (κ3) is 3.86. The lowest BCUT2D eigenvalue weighted by atomic mass is 10.1. The van der Waals surface area contributed by atoms with Gasteiger partial charge in [-0.05, 0) is 63.1 Å². The predicted molar refractivity (Wildman–Crippen MR) is 111 cm³/mol. The summed E-state index contributed by atoms with van der Waals surface area (Å²) in [6, 6.07) is 5.63. The maximum atomic E-state index is 13.1. The summed E-state index contributed by atoms with van der Waals surface area (Å²) in [4.78, 5) is 32.7. The van der Waals surface area contributed by atoms with Gasteiger partial charge in [0.15, 0.2) is 5.82 Å². The lowest BCUT2D eigenvalue weighted by Gasteiger charge is -2.26. The highest BCUT2D eigenvalue weighted by Crippen LogP contribution is 2.27. The van der Waals surface area contributed by atoms with Crippen molar-refractivity contribution in [3.63, 3.8) is 0 Å². The number of nitrogens with zero attached hydrogens (tertiary/aromatic N) is 3. The van der Waals surface area contributed by atoms with Crippen LogP contribution >= 0.6 is 0 Å². The topological polar surface area (TPSA) is 76.5 Å². The number of ether oxygens (including phenoxy) is 1. The van der Waals surface area contributed by atoms with Gasteiger partial charge in [-0.15, -0.1) is 0 Å². The van der Waals surface area contributed by atoms with E-state index in [0.29, 0.717) is 29.5 Å². The highest BCUT2D eigenvalue weighted by Gasteiger charge is 2.30. The van der Waals surface area contributed by atoms with Crippen LogP contribution < -0.4 is 10.1 Å². The third-order valence-corrected chi connectivity index (χ3v) is 5.77. The van der Waals surface area contributed by atoms with Gasteiger partial charge in [-0.25, -0.2) is 4.98 Å². The van der Waals surface area contributed by atoms with Gasteiger partial charge >= 0.3 is 0 Å². The molecule has 2 aliphatic rings. The first-order valence-electron chi connectivity index (χ1n) is 10.4. The number of amides is 2. The first-order valence-corrected chi connectivity index (χ1v) is 10.4. The number of carbonyl (C=O) groups is 2. The van der Waals surface area contributed by atoms with E-state index in [1.807, 2.05) is 34.6 Å². The summed E-state index contributed by atoms with van der Waals surface area (Å²) >= 11 is 0. The van der Waals surface area contributed by atoms with Crippen LogP contribution in [-0.4, -0.2) is 46.5 Å². The van der Waals surface area contributed by atoms with E-state index in [0.717, 1.165) is 62.9 Å². The van der Waals surface area contributed by atoms with E-state index < -0.39 is 0 Å². The molecule has 0 unspecified atom stereocenters. The number of likely N-dealkylation sites (tertiary alicyclic amines) is 1. The number of hydrogen-bond acceptors (Lipinski definition) is 4. The molecule has 2 aromatic rings. The number of fused-ring (bicyclic) bond motifs is 1. The first-order chi connectivity index (χ1) is 14.1. The summed E-state index contributed by atoms with van der Waals surface area (Å²) < 4.78 is 7.30. The van der Waals surface area contributed by atoms with Gasteiger partial charge in [0.1, 0.15) is 11.4 Å². The number of piperidine rings is 1. The molecule has 29 heavy (non-hydrogen) atoms. The monoisotopic (exact) mass is 396 g/mol. The minimum Gasteiger partial charge on any atom is -0.495 e. The number of aryl methyl sites for hydroxylation is 1. The number of carbonyl (C=O) groups excluding carboxylic acids is 2. The Morgan fingerprint density at radius 1 is 1.07 bits per heavy atom. The van der Waals surface area contributed by atoms with Crippen molar-refractivity contribution in [2.24, 2.45) is 0 Å². The van der Waals surface area contributed by atoms with Gasteiger partial charge in [-0.3, -0.25) is 9.59 Å². The molecule has 2 amide bonds. The van der Waals surface area contributed by atoms with Gasteiger partial charge in [0.25, 0.3) is 11.8 Å². The lowest BCUT2D eigenvalue weighted by molar-refractivity contribution is 0.0717. The fraction of sp³-hybridized carbons (Fsp3) is 0.500. The predicted octanol–water partition coefficient (Wildman–Crippen LogP) is 3.41. The number of methoxy groups -OCH3 is 1. The molecule has 1 N–H and O–H groups in total. The number of anilines is 1. The van der Waals surface area contributed by atoms with Gasteiger partial charge in [0.05, 0.1) is 18.5 Å². The molecule has 0 aliphatic carbocycles. The van der Waals surface area contributed by atoms with Crippen molar-refractivity contribution in [2.75, 3.05) is 25.5 Å². The van der Waals surface area contributed by atoms with Gasteiger partial charge < -0.3 is 19.5 Å². The molecule has 0 bridgehead atoms. The Hall–Kier alpha value is -2.83. The third-order valence-electron chi connectivity index (χ3n) is 5.77. The van der Waals surface area contributed by atoms with Crippen LogP contribution in [0.15, 0.2) is 18.2 Å².